The molecule has 1 saturated carbocycles. The lowest BCUT2D eigenvalue weighted by molar-refractivity contribution is -0.181. The van der Waals surface area contributed by atoms with Crippen LogP contribution in [0.4, 0.5) is 0 Å². The summed E-state index contributed by atoms with van der Waals surface area (Å²) in [6, 6.07) is 14.9. The van der Waals surface area contributed by atoms with Crippen molar-refractivity contribution in [3.63, 3.8) is 0 Å². The van der Waals surface area contributed by atoms with Gasteiger partial charge in [-0.2, -0.15) is 0 Å². The summed E-state index contributed by atoms with van der Waals surface area (Å²) in [6.45, 7) is 5.72. The fourth-order valence-corrected chi connectivity index (χ4v) is 5.10. The molecular formula is C29H41NO5. The zero-order valence-corrected chi connectivity index (χ0v) is 21.0. The Hall–Kier alpha value is -1.96. The van der Waals surface area contributed by atoms with Crippen LogP contribution in [0.2, 0.25) is 0 Å². The number of nitrogens with one attached hydrogen (secondary N) is 1. The van der Waals surface area contributed by atoms with Crippen LogP contribution >= 0.6 is 0 Å². The highest BCUT2D eigenvalue weighted by Gasteiger charge is 2.37. The van der Waals surface area contributed by atoms with Crippen molar-refractivity contribution in [3.8, 4) is 5.75 Å². The molecular weight excluding hydrogens is 442 g/mol. The lowest BCUT2D eigenvalue weighted by Crippen LogP contribution is -2.47. The van der Waals surface area contributed by atoms with Gasteiger partial charge < -0.3 is 30.1 Å². The molecule has 6 heteroatoms. The van der Waals surface area contributed by atoms with E-state index in [1.54, 1.807) is 0 Å². The molecule has 2 heterocycles. The van der Waals surface area contributed by atoms with Crippen LogP contribution in [0.25, 0.3) is 0 Å². The van der Waals surface area contributed by atoms with Gasteiger partial charge in [-0.25, -0.2) is 0 Å². The van der Waals surface area contributed by atoms with Crippen molar-refractivity contribution in [3.05, 3.63) is 64.7 Å². The summed E-state index contributed by atoms with van der Waals surface area (Å²) in [5.74, 6) is 1.56. The molecule has 3 fully saturated rings. The number of benzene rings is 2. The highest BCUT2D eigenvalue weighted by atomic mass is 16.5. The van der Waals surface area contributed by atoms with Crippen molar-refractivity contribution in [2.75, 3.05) is 19.7 Å². The van der Waals surface area contributed by atoms with E-state index in [0.717, 1.165) is 43.7 Å². The largest absolute Gasteiger partial charge is 0.490 e. The lowest BCUT2D eigenvalue weighted by Gasteiger charge is -2.36. The Morgan fingerprint density at radius 3 is 2.34 bits per heavy atom. The number of ether oxygens (including phenoxy) is 2. The van der Waals surface area contributed by atoms with Crippen molar-refractivity contribution >= 4 is 0 Å². The molecule has 0 unspecified atom stereocenters. The molecule has 3 aliphatic rings. The molecule has 1 aliphatic carbocycles. The molecule has 0 amide bonds. The first kappa shape index (κ1) is 26.1. The molecule has 0 aromatic heterocycles. The summed E-state index contributed by atoms with van der Waals surface area (Å²) in [5, 5.41) is 33.2. The Morgan fingerprint density at radius 2 is 1.69 bits per heavy atom. The first-order valence-corrected chi connectivity index (χ1v) is 13.3. The van der Waals surface area contributed by atoms with Gasteiger partial charge in [-0.15, -0.1) is 0 Å². The van der Waals surface area contributed by atoms with E-state index in [-0.39, 0.29) is 12.7 Å². The van der Waals surface area contributed by atoms with Gasteiger partial charge in [0.05, 0.1) is 18.8 Å². The second kappa shape index (κ2) is 12.3. The van der Waals surface area contributed by atoms with Crippen molar-refractivity contribution in [2.45, 2.75) is 88.8 Å². The molecule has 35 heavy (non-hydrogen) atoms. The molecule has 2 saturated heterocycles. The van der Waals surface area contributed by atoms with Gasteiger partial charge in [-0.1, -0.05) is 44.2 Å². The highest BCUT2D eigenvalue weighted by molar-refractivity contribution is 5.41. The SMILES string of the molecule is CC.OC[C@H]1O[C@@H](c2ccc(C3CC3)c(Cc3ccc(OC4CCNCC4)cc3)c2)C[C@@H](O)[C@@H]1O. The van der Waals surface area contributed by atoms with E-state index in [9.17, 15) is 15.3 Å². The minimum absolute atomic E-state index is 0.294. The fourth-order valence-electron chi connectivity index (χ4n) is 5.10. The Bertz CT molecular complexity index is 923. The predicted octanol–water partition coefficient (Wildman–Crippen LogP) is 3.86. The maximum absolute atomic E-state index is 10.3. The van der Waals surface area contributed by atoms with Crippen LogP contribution in [0, 0.1) is 0 Å². The van der Waals surface area contributed by atoms with E-state index in [1.165, 1.54) is 29.5 Å². The summed E-state index contributed by atoms with van der Waals surface area (Å²) < 4.78 is 12.1. The zero-order chi connectivity index (χ0) is 24.8. The number of hydrogen-bond acceptors (Lipinski definition) is 6. The molecule has 4 atom stereocenters. The molecule has 2 aliphatic heterocycles. The topological polar surface area (TPSA) is 91.2 Å². The zero-order valence-electron chi connectivity index (χ0n) is 21.0. The van der Waals surface area contributed by atoms with Gasteiger partial charge in [0.2, 0.25) is 0 Å². The molecule has 192 valence electrons. The predicted molar refractivity (Wildman–Crippen MR) is 137 cm³/mol. The first-order valence-electron chi connectivity index (χ1n) is 13.3. The number of aliphatic hydroxyl groups is 3. The average Bonchev–Trinajstić information content (AvgIpc) is 3.74. The van der Waals surface area contributed by atoms with Gasteiger partial charge in [-0.05, 0) is 85.5 Å². The van der Waals surface area contributed by atoms with Crippen molar-refractivity contribution in [1.82, 2.24) is 5.32 Å². The number of hydrogen-bond donors (Lipinski definition) is 4. The molecule has 2 aromatic rings. The van der Waals surface area contributed by atoms with Crippen LogP contribution in [-0.4, -0.2) is 59.4 Å². The molecule has 0 spiro atoms. The number of piperidine rings is 1. The van der Waals surface area contributed by atoms with Gasteiger partial charge >= 0.3 is 0 Å². The summed E-state index contributed by atoms with van der Waals surface area (Å²) in [5.41, 5.74) is 4.90. The third-order valence-electron chi connectivity index (χ3n) is 7.21. The van der Waals surface area contributed by atoms with E-state index in [0.29, 0.717) is 18.4 Å². The van der Waals surface area contributed by atoms with Gasteiger partial charge in [0.15, 0.2) is 0 Å². The summed E-state index contributed by atoms with van der Waals surface area (Å²) >= 11 is 0. The van der Waals surface area contributed by atoms with E-state index < -0.39 is 18.3 Å². The van der Waals surface area contributed by atoms with Crippen LogP contribution in [0.15, 0.2) is 42.5 Å². The molecule has 0 radical (unpaired) electrons. The summed E-state index contributed by atoms with van der Waals surface area (Å²) in [4.78, 5) is 0. The van der Waals surface area contributed by atoms with Crippen LogP contribution < -0.4 is 10.1 Å². The standard InChI is InChI=1S/C27H35NO5.C2H6/c29-16-26-27(31)24(30)15-25(33-26)19-5-8-23(18-3-4-18)20(14-19)13-17-1-6-21(7-2-17)32-22-9-11-28-12-10-22;1-2/h1-2,5-8,14,18,22,24-31H,3-4,9-13,15-16H2;1-2H3/t24-,25-,26-,27+;/m1./s1. The Balaban J connectivity index is 0.00000141. The summed E-state index contributed by atoms with van der Waals surface area (Å²) in [7, 11) is 0. The van der Waals surface area contributed by atoms with Crippen molar-refractivity contribution < 1.29 is 24.8 Å². The van der Waals surface area contributed by atoms with Crippen LogP contribution in [0.1, 0.15) is 80.2 Å². The Morgan fingerprint density at radius 1 is 0.971 bits per heavy atom. The fraction of sp³-hybridized carbons (Fsp3) is 0.586. The van der Waals surface area contributed by atoms with Crippen LogP contribution in [0.3, 0.4) is 0 Å². The maximum Gasteiger partial charge on any atom is 0.119 e. The average molecular weight is 484 g/mol. The van der Waals surface area contributed by atoms with E-state index >= 15 is 0 Å². The second-order valence-corrected chi connectivity index (χ2v) is 9.76. The highest BCUT2D eigenvalue weighted by Crippen LogP contribution is 2.43. The molecule has 2 aromatic carbocycles. The Kier molecular flexibility index (Phi) is 9.20. The van der Waals surface area contributed by atoms with Gasteiger partial charge in [0, 0.05) is 6.42 Å². The normalized spacial score (nSPS) is 27.1. The van der Waals surface area contributed by atoms with E-state index in [1.807, 2.05) is 13.8 Å². The molecule has 6 nitrogen and oxygen atoms in total. The van der Waals surface area contributed by atoms with Crippen molar-refractivity contribution in [1.29, 1.82) is 0 Å². The molecule has 0 bridgehead atoms. The van der Waals surface area contributed by atoms with Gasteiger partial charge in [-0.3, -0.25) is 0 Å². The second-order valence-electron chi connectivity index (χ2n) is 9.76. The lowest BCUT2D eigenvalue weighted by atomic mass is 9.89. The van der Waals surface area contributed by atoms with Gasteiger partial charge in [0.25, 0.3) is 0 Å². The minimum atomic E-state index is -1.05. The van der Waals surface area contributed by atoms with E-state index in [4.69, 9.17) is 9.47 Å². The molecule has 5 rings (SSSR count). The number of aliphatic hydroxyl groups excluding tert-OH is 3. The number of rotatable bonds is 7. The van der Waals surface area contributed by atoms with Gasteiger partial charge in [0.1, 0.15) is 24.1 Å². The van der Waals surface area contributed by atoms with Crippen LogP contribution in [0.5, 0.6) is 5.75 Å². The third-order valence-corrected chi connectivity index (χ3v) is 7.21. The third kappa shape index (κ3) is 6.63. The van der Waals surface area contributed by atoms with Crippen LogP contribution in [-0.2, 0) is 11.2 Å². The summed E-state index contributed by atoms with van der Waals surface area (Å²) in [6.07, 6.45) is 2.93. The first-order chi connectivity index (χ1) is 17.1. The van der Waals surface area contributed by atoms with Crippen molar-refractivity contribution in [2.24, 2.45) is 0 Å². The quantitative estimate of drug-likeness (QED) is 0.478. The minimum Gasteiger partial charge on any atom is -0.490 e. The monoisotopic (exact) mass is 483 g/mol. The Labute approximate surface area is 209 Å². The van der Waals surface area contributed by atoms with E-state index in [2.05, 4.69) is 47.8 Å². The smallest absolute Gasteiger partial charge is 0.119 e. The maximum atomic E-state index is 10.3. The molecule has 4 N–H and O–H groups in total.